The number of benzene rings is 2. The fraction of sp³-hybridized carbons (Fsp3) is 0.294. The minimum Gasteiger partial charge on any atom is -0.382 e. The van der Waals surface area contributed by atoms with Crippen LogP contribution in [0.2, 0.25) is 0 Å². The summed E-state index contributed by atoms with van der Waals surface area (Å²) in [5, 5.41) is 0. The molecule has 0 aromatic heterocycles. The average molecular weight is 240 g/mol. The third kappa shape index (κ3) is 3.71. The average Bonchev–Trinajstić information content (AvgIpc) is 2.45. The van der Waals surface area contributed by atoms with Crippen LogP contribution in [0, 0.1) is 0 Å². The zero-order valence-corrected chi connectivity index (χ0v) is 10.9. The van der Waals surface area contributed by atoms with Gasteiger partial charge in [-0.2, -0.15) is 0 Å². The predicted octanol–water partition coefficient (Wildman–Crippen LogP) is 4.32. The lowest BCUT2D eigenvalue weighted by molar-refractivity contribution is 0.145. The Morgan fingerprint density at radius 3 is 2.17 bits per heavy atom. The Kier molecular flexibility index (Phi) is 4.98. The number of ether oxygens (including phenoxy) is 1. The summed E-state index contributed by atoms with van der Waals surface area (Å²) in [6.07, 6.45) is 2.19. The molecular weight excluding hydrogens is 220 g/mol. The highest BCUT2D eigenvalue weighted by molar-refractivity contribution is 5.63. The topological polar surface area (TPSA) is 9.23 Å². The number of aryl methyl sites for hydroxylation is 1. The van der Waals surface area contributed by atoms with Crippen molar-refractivity contribution in [3.63, 3.8) is 0 Å². The minimum absolute atomic E-state index is 0.812. The molecule has 0 saturated heterocycles. The van der Waals surface area contributed by atoms with E-state index in [-0.39, 0.29) is 0 Å². The Balaban J connectivity index is 1.94. The summed E-state index contributed by atoms with van der Waals surface area (Å²) >= 11 is 0. The molecule has 2 aromatic rings. The molecule has 0 radical (unpaired) electrons. The Morgan fingerprint density at radius 2 is 1.50 bits per heavy atom. The van der Waals surface area contributed by atoms with Gasteiger partial charge in [-0.25, -0.2) is 0 Å². The van der Waals surface area contributed by atoms with Crippen LogP contribution in [0.25, 0.3) is 11.1 Å². The molecule has 0 amide bonds. The minimum atomic E-state index is 0.812. The SMILES string of the molecule is CCOCCCc1ccc(-c2ccccc2)cc1. The van der Waals surface area contributed by atoms with Crippen LogP contribution in [0.1, 0.15) is 18.9 Å². The molecule has 1 nitrogen and oxygen atoms in total. The largest absolute Gasteiger partial charge is 0.382 e. The van der Waals surface area contributed by atoms with Crippen molar-refractivity contribution in [2.45, 2.75) is 19.8 Å². The maximum atomic E-state index is 5.35. The van der Waals surface area contributed by atoms with E-state index in [1.807, 2.05) is 13.0 Å². The Hall–Kier alpha value is -1.60. The summed E-state index contributed by atoms with van der Waals surface area (Å²) < 4.78 is 5.35. The molecule has 18 heavy (non-hydrogen) atoms. The molecule has 2 rings (SSSR count). The molecule has 0 atom stereocenters. The monoisotopic (exact) mass is 240 g/mol. The lowest BCUT2D eigenvalue weighted by Gasteiger charge is -2.05. The molecule has 0 saturated carbocycles. The van der Waals surface area contributed by atoms with Crippen molar-refractivity contribution >= 4 is 0 Å². The van der Waals surface area contributed by atoms with Crippen LogP contribution in [-0.2, 0) is 11.2 Å². The standard InChI is InChI=1S/C17H20O/c1-2-18-14-6-7-15-10-12-17(13-11-15)16-8-4-3-5-9-16/h3-5,8-13H,2,6-7,14H2,1H3. The van der Waals surface area contributed by atoms with Crippen molar-refractivity contribution in [1.82, 2.24) is 0 Å². The number of hydrogen-bond acceptors (Lipinski definition) is 1. The first-order chi connectivity index (χ1) is 8.90. The van der Waals surface area contributed by atoms with Gasteiger partial charge in [-0.3, -0.25) is 0 Å². The molecule has 0 aliphatic carbocycles. The van der Waals surface area contributed by atoms with Crippen LogP contribution >= 0.6 is 0 Å². The Morgan fingerprint density at radius 1 is 0.833 bits per heavy atom. The molecule has 0 aliphatic rings. The van der Waals surface area contributed by atoms with E-state index in [0.717, 1.165) is 26.1 Å². The summed E-state index contributed by atoms with van der Waals surface area (Å²) in [5.74, 6) is 0. The van der Waals surface area contributed by atoms with E-state index >= 15 is 0 Å². The molecule has 94 valence electrons. The van der Waals surface area contributed by atoms with Gasteiger partial charge in [0.1, 0.15) is 0 Å². The zero-order chi connectivity index (χ0) is 12.6. The molecule has 0 heterocycles. The normalized spacial score (nSPS) is 10.5. The van der Waals surface area contributed by atoms with Gasteiger partial charge < -0.3 is 4.74 Å². The smallest absolute Gasteiger partial charge is 0.0469 e. The summed E-state index contributed by atoms with van der Waals surface area (Å²) in [6, 6.07) is 19.3. The Bertz CT molecular complexity index is 445. The van der Waals surface area contributed by atoms with Crippen molar-refractivity contribution in [1.29, 1.82) is 0 Å². The molecule has 1 heteroatoms. The third-order valence-corrected chi connectivity index (χ3v) is 3.02. The molecule has 0 bridgehead atoms. The van der Waals surface area contributed by atoms with Crippen LogP contribution in [0.5, 0.6) is 0 Å². The molecule has 0 unspecified atom stereocenters. The van der Waals surface area contributed by atoms with Crippen LogP contribution in [0.3, 0.4) is 0 Å². The summed E-state index contributed by atoms with van der Waals surface area (Å²) in [4.78, 5) is 0. The van der Waals surface area contributed by atoms with Crippen molar-refractivity contribution in [3.8, 4) is 11.1 Å². The van der Waals surface area contributed by atoms with E-state index in [1.165, 1.54) is 16.7 Å². The predicted molar refractivity (Wildman–Crippen MR) is 76.7 cm³/mol. The van der Waals surface area contributed by atoms with Gasteiger partial charge in [0.05, 0.1) is 0 Å². The van der Waals surface area contributed by atoms with Crippen molar-refractivity contribution in [2.75, 3.05) is 13.2 Å². The molecule has 0 spiro atoms. The second-order valence-electron chi connectivity index (χ2n) is 4.36. The van der Waals surface area contributed by atoms with E-state index < -0.39 is 0 Å². The summed E-state index contributed by atoms with van der Waals surface area (Å²) in [5.41, 5.74) is 3.94. The third-order valence-electron chi connectivity index (χ3n) is 3.02. The summed E-state index contributed by atoms with van der Waals surface area (Å²) in [7, 11) is 0. The lowest BCUT2D eigenvalue weighted by Crippen LogP contribution is -1.95. The van der Waals surface area contributed by atoms with Gasteiger partial charge in [-0.15, -0.1) is 0 Å². The Labute approximate surface area is 109 Å². The van der Waals surface area contributed by atoms with E-state index in [4.69, 9.17) is 4.74 Å². The fourth-order valence-electron chi connectivity index (χ4n) is 2.02. The molecule has 0 aliphatic heterocycles. The number of rotatable bonds is 6. The first-order valence-electron chi connectivity index (χ1n) is 6.62. The van der Waals surface area contributed by atoms with Gasteiger partial charge in [-0.05, 0) is 36.5 Å². The highest BCUT2D eigenvalue weighted by Crippen LogP contribution is 2.19. The second-order valence-corrected chi connectivity index (χ2v) is 4.36. The van der Waals surface area contributed by atoms with E-state index in [0.29, 0.717) is 0 Å². The number of hydrogen-bond donors (Lipinski definition) is 0. The van der Waals surface area contributed by atoms with Crippen LogP contribution in [-0.4, -0.2) is 13.2 Å². The van der Waals surface area contributed by atoms with Crippen molar-refractivity contribution in [3.05, 3.63) is 60.2 Å². The van der Waals surface area contributed by atoms with E-state index in [9.17, 15) is 0 Å². The van der Waals surface area contributed by atoms with Crippen molar-refractivity contribution < 1.29 is 4.74 Å². The zero-order valence-electron chi connectivity index (χ0n) is 10.9. The van der Waals surface area contributed by atoms with E-state index in [1.54, 1.807) is 0 Å². The molecule has 0 fully saturated rings. The first kappa shape index (κ1) is 12.8. The lowest BCUT2D eigenvalue weighted by atomic mass is 10.0. The van der Waals surface area contributed by atoms with Gasteiger partial charge in [0.2, 0.25) is 0 Å². The maximum Gasteiger partial charge on any atom is 0.0469 e. The van der Waals surface area contributed by atoms with Gasteiger partial charge in [0.15, 0.2) is 0 Å². The molecule has 0 N–H and O–H groups in total. The van der Waals surface area contributed by atoms with Crippen molar-refractivity contribution in [2.24, 2.45) is 0 Å². The highest BCUT2D eigenvalue weighted by Gasteiger charge is 1.97. The van der Waals surface area contributed by atoms with Crippen LogP contribution in [0.4, 0.5) is 0 Å². The summed E-state index contributed by atoms with van der Waals surface area (Å²) in [6.45, 7) is 3.71. The highest BCUT2D eigenvalue weighted by atomic mass is 16.5. The van der Waals surface area contributed by atoms with E-state index in [2.05, 4.69) is 48.5 Å². The van der Waals surface area contributed by atoms with Gasteiger partial charge in [-0.1, -0.05) is 54.6 Å². The van der Waals surface area contributed by atoms with Crippen LogP contribution < -0.4 is 0 Å². The molecule has 2 aromatic carbocycles. The first-order valence-corrected chi connectivity index (χ1v) is 6.62. The van der Waals surface area contributed by atoms with Gasteiger partial charge in [0, 0.05) is 13.2 Å². The fourth-order valence-corrected chi connectivity index (χ4v) is 2.02. The molecular formula is C17H20O. The van der Waals surface area contributed by atoms with Gasteiger partial charge in [0.25, 0.3) is 0 Å². The van der Waals surface area contributed by atoms with Crippen LogP contribution in [0.15, 0.2) is 54.6 Å². The quantitative estimate of drug-likeness (QED) is 0.683. The second kappa shape index (κ2) is 6.97. The maximum absolute atomic E-state index is 5.35. The van der Waals surface area contributed by atoms with Gasteiger partial charge >= 0.3 is 0 Å².